The fourth-order valence-corrected chi connectivity index (χ4v) is 5.48. The molecule has 3 heterocycles. The molecule has 1 atom stereocenters. The summed E-state index contributed by atoms with van der Waals surface area (Å²) in [7, 11) is -3.68. The van der Waals surface area contributed by atoms with Crippen molar-refractivity contribution >= 4 is 21.8 Å². The van der Waals surface area contributed by atoms with Gasteiger partial charge in [-0.25, -0.2) is 13.4 Å². The van der Waals surface area contributed by atoms with E-state index in [1.54, 1.807) is 30.5 Å². The summed E-state index contributed by atoms with van der Waals surface area (Å²) in [6.07, 6.45) is 3.66. The van der Waals surface area contributed by atoms with Gasteiger partial charge in [0.2, 0.25) is 21.8 Å². The zero-order valence-corrected chi connectivity index (χ0v) is 17.3. The van der Waals surface area contributed by atoms with Crippen molar-refractivity contribution in [2.24, 2.45) is 0 Å². The normalized spacial score (nSPS) is 19.3. The van der Waals surface area contributed by atoms with Gasteiger partial charge in [-0.1, -0.05) is 18.2 Å². The Hall–Kier alpha value is -3.30. The first-order chi connectivity index (χ1) is 14.9. The highest BCUT2D eigenvalue weighted by atomic mass is 32.2. The summed E-state index contributed by atoms with van der Waals surface area (Å²) in [5.74, 6) is -0.379. The maximum atomic E-state index is 13.2. The van der Waals surface area contributed by atoms with Crippen LogP contribution in [0.15, 0.2) is 64.4 Å². The molecule has 9 heteroatoms. The molecule has 1 fully saturated rings. The molecule has 1 unspecified atom stereocenters. The van der Waals surface area contributed by atoms with Gasteiger partial charge in [0, 0.05) is 25.1 Å². The van der Waals surface area contributed by atoms with E-state index in [4.69, 9.17) is 4.42 Å². The van der Waals surface area contributed by atoms with Gasteiger partial charge in [-0.15, -0.1) is 0 Å². The van der Waals surface area contributed by atoms with Crippen molar-refractivity contribution in [2.75, 3.05) is 0 Å². The van der Waals surface area contributed by atoms with E-state index >= 15 is 0 Å². The molecule has 1 saturated heterocycles. The molecule has 5 rings (SSSR count). The molecule has 2 amide bonds. The number of piperidine rings is 1. The zero-order chi connectivity index (χ0) is 21.6. The standard InChI is InChI=1S/C22H19N3O5S/c26-21-8-7-19(22(27)24-21)15-1-2-16-11-25(12-17(16)9-15)31(28,29)18-5-3-14(4-6-18)20-10-23-13-30-20/h1-6,9-10,13,19H,7-8,11-12H2,(H,24,26,27). The van der Waals surface area contributed by atoms with Crippen LogP contribution in [0.25, 0.3) is 11.3 Å². The Morgan fingerprint density at radius 2 is 1.81 bits per heavy atom. The van der Waals surface area contributed by atoms with Crippen LogP contribution in [-0.4, -0.2) is 29.5 Å². The number of sulfonamides is 1. The molecule has 0 radical (unpaired) electrons. The number of oxazole rings is 1. The van der Waals surface area contributed by atoms with Crippen LogP contribution in [0.4, 0.5) is 0 Å². The molecule has 0 spiro atoms. The Kier molecular flexibility index (Phi) is 4.71. The number of aromatic nitrogens is 1. The average molecular weight is 437 g/mol. The number of hydrogen-bond acceptors (Lipinski definition) is 6. The molecule has 1 N–H and O–H groups in total. The first-order valence-corrected chi connectivity index (χ1v) is 11.3. The largest absolute Gasteiger partial charge is 0.444 e. The summed E-state index contributed by atoms with van der Waals surface area (Å²) in [5, 5.41) is 2.37. The minimum Gasteiger partial charge on any atom is -0.444 e. The molecule has 2 aromatic carbocycles. The van der Waals surface area contributed by atoms with Crippen molar-refractivity contribution in [3.8, 4) is 11.3 Å². The Balaban J connectivity index is 1.36. The van der Waals surface area contributed by atoms with E-state index in [1.807, 2.05) is 18.2 Å². The van der Waals surface area contributed by atoms with Gasteiger partial charge in [0.25, 0.3) is 0 Å². The molecule has 3 aromatic rings. The second-order valence-corrected chi connectivity index (χ2v) is 9.63. The predicted molar refractivity (Wildman–Crippen MR) is 110 cm³/mol. The molecule has 0 bridgehead atoms. The van der Waals surface area contributed by atoms with Gasteiger partial charge < -0.3 is 4.42 Å². The number of hydrogen-bond donors (Lipinski definition) is 1. The molecule has 158 valence electrons. The van der Waals surface area contributed by atoms with Crippen LogP contribution in [0.2, 0.25) is 0 Å². The fourth-order valence-electron chi connectivity index (χ4n) is 4.08. The lowest BCUT2D eigenvalue weighted by molar-refractivity contribution is -0.134. The number of imide groups is 1. The van der Waals surface area contributed by atoms with Crippen molar-refractivity contribution in [1.29, 1.82) is 0 Å². The molecule has 0 aliphatic carbocycles. The smallest absolute Gasteiger partial charge is 0.243 e. The van der Waals surface area contributed by atoms with Crippen molar-refractivity contribution in [3.05, 3.63) is 71.7 Å². The third-order valence-electron chi connectivity index (χ3n) is 5.77. The van der Waals surface area contributed by atoms with Crippen LogP contribution in [-0.2, 0) is 32.7 Å². The summed E-state index contributed by atoms with van der Waals surface area (Å²) in [5.41, 5.74) is 3.34. The summed E-state index contributed by atoms with van der Waals surface area (Å²) in [6, 6.07) is 12.1. The van der Waals surface area contributed by atoms with Crippen molar-refractivity contribution in [2.45, 2.75) is 36.7 Å². The van der Waals surface area contributed by atoms with Gasteiger partial charge in [-0.3, -0.25) is 14.9 Å². The molecule has 31 heavy (non-hydrogen) atoms. The lowest BCUT2D eigenvalue weighted by Gasteiger charge is -2.21. The predicted octanol–water partition coefficient (Wildman–Crippen LogP) is 2.57. The average Bonchev–Trinajstić information content (AvgIpc) is 3.44. The van der Waals surface area contributed by atoms with E-state index in [0.29, 0.717) is 18.6 Å². The van der Waals surface area contributed by atoms with E-state index in [9.17, 15) is 18.0 Å². The molecule has 8 nitrogen and oxygen atoms in total. The maximum Gasteiger partial charge on any atom is 0.243 e. The van der Waals surface area contributed by atoms with Gasteiger partial charge in [0.05, 0.1) is 17.0 Å². The monoisotopic (exact) mass is 437 g/mol. The van der Waals surface area contributed by atoms with Crippen LogP contribution >= 0.6 is 0 Å². The summed E-state index contributed by atoms with van der Waals surface area (Å²) in [6.45, 7) is 0.514. The number of nitrogens with zero attached hydrogens (tertiary/aromatic N) is 2. The fraction of sp³-hybridized carbons (Fsp3) is 0.227. The Labute approximate surface area is 178 Å². The van der Waals surface area contributed by atoms with Crippen LogP contribution in [0.3, 0.4) is 0 Å². The van der Waals surface area contributed by atoms with E-state index in [-0.39, 0.29) is 29.8 Å². The lowest BCUT2D eigenvalue weighted by atomic mass is 9.89. The number of fused-ring (bicyclic) bond motifs is 1. The molecular formula is C22H19N3O5S. The van der Waals surface area contributed by atoms with Gasteiger partial charge in [-0.05, 0) is 47.4 Å². The highest BCUT2D eigenvalue weighted by Gasteiger charge is 2.33. The zero-order valence-electron chi connectivity index (χ0n) is 16.4. The second kappa shape index (κ2) is 7.44. The van der Waals surface area contributed by atoms with Crippen LogP contribution in [0.5, 0.6) is 0 Å². The third kappa shape index (κ3) is 3.55. The molecule has 1 aromatic heterocycles. The van der Waals surface area contributed by atoms with E-state index in [2.05, 4.69) is 10.3 Å². The number of carbonyl (C=O) groups is 2. The first-order valence-electron chi connectivity index (χ1n) is 9.86. The number of amides is 2. The SMILES string of the molecule is O=C1CCC(c2ccc3c(c2)CN(S(=O)(=O)c2ccc(-c4cnco4)cc2)C3)C(=O)N1. The molecule has 2 aliphatic heterocycles. The van der Waals surface area contributed by atoms with Gasteiger partial charge >= 0.3 is 0 Å². The van der Waals surface area contributed by atoms with Crippen LogP contribution < -0.4 is 5.32 Å². The lowest BCUT2D eigenvalue weighted by Crippen LogP contribution is -2.39. The second-order valence-electron chi connectivity index (χ2n) is 7.69. The van der Waals surface area contributed by atoms with Crippen molar-refractivity contribution < 1.29 is 22.4 Å². The molecule has 0 saturated carbocycles. The quantitative estimate of drug-likeness (QED) is 0.629. The Morgan fingerprint density at radius 1 is 1.03 bits per heavy atom. The third-order valence-corrected chi connectivity index (χ3v) is 7.58. The van der Waals surface area contributed by atoms with Crippen molar-refractivity contribution in [3.63, 3.8) is 0 Å². The number of carbonyl (C=O) groups excluding carboxylic acids is 2. The number of rotatable bonds is 4. The van der Waals surface area contributed by atoms with Gasteiger partial charge in [0.15, 0.2) is 12.2 Å². The van der Waals surface area contributed by atoms with E-state index in [1.165, 1.54) is 10.7 Å². The van der Waals surface area contributed by atoms with E-state index in [0.717, 1.165) is 22.3 Å². The molecular weight excluding hydrogens is 418 g/mol. The highest BCUT2D eigenvalue weighted by Crippen LogP contribution is 2.33. The minimum absolute atomic E-state index is 0.203. The number of benzene rings is 2. The van der Waals surface area contributed by atoms with Gasteiger partial charge in [0.1, 0.15) is 0 Å². The van der Waals surface area contributed by atoms with Gasteiger partial charge in [-0.2, -0.15) is 4.31 Å². The van der Waals surface area contributed by atoms with Crippen LogP contribution in [0.1, 0.15) is 35.4 Å². The first kappa shape index (κ1) is 19.7. The van der Waals surface area contributed by atoms with Crippen LogP contribution in [0, 0.1) is 0 Å². The Bertz CT molecular complexity index is 1270. The van der Waals surface area contributed by atoms with E-state index < -0.39 is 15.9 Å². The summed E-state index contributed by atoms with van der Waals surface area (Å²) in [4.78, 5) is 27.7. The Morgan fingerprint density at radius 3 is 2.52 bits per heavy atom. The molecule has 2 aliphatic rings. The summed E-state index contributed by atoms with van der Waals surface area (Å²) >= 11 is 0. The number of nitrogens with one attached hydrogen (secondary N) is 1. The van der Waals surface area contributed by atoms with Crippen molar-refractivity contribution in [1.82, 2.24) is 14.6 Å². The highest BCUT2D eigenvalue weighted by molar-refractivity contribution is 7.89. The topological polar surface area (TPSA) is 110 Å². The summed E-state index contributed by atoms with van der Waals surface area (Å²) < 4.78 is 33.0. The minimum atomic E-state index is -3.68. The maximum absolute atomic E-state index is 13.2.